The summed E-state index contributed by atoms with van der Waals surface area (Å²) >= 11 is 0. The van der Waals surface area contributed by atoms with E-state index >= 15 is 0 Å². The van der Waals surface area contributed by atoms with E-state index < -0.39 is 0 Å². The fourth-order valence-corrected chi connectivity index (χ4v) is 2.83. The van der Waals surface area contributed by atoms with Gasteiger partial charge in [-0.1, -0.05) is 12.8 Å². The highest BCUT2D eigenvalue weighted by Crippen LogP contribution is 2.26. The van der Waals surface area contributed by atoms with Crippen LogP contribution >= 0.6 is 0 Å². The number of aliphatic hydroxyl groups is 1. The van der Waals surface area contributed by atoms with Gasteiger partial charge in [-0.3, -0.25) is 4.90 Å². The lowest BCUT2D eigenvalue weighted by Gasteiger charge is -2.41. The molecule has 0 amide bonds. The number of hydrogen-bond donors (Lipinski definition) is 2. The zero-order valence-electron chi connectivity index (χ0n) is 9.08. The molecule has 1 saturated carbocycles. The van der Waals surface area contributed by atoms with Crippen molar-refractivity contribution in [3.8, 4) is 0 Å². The van der Waals surface area contributed by atoms with Crippen LogP contribution in [0.5, 0.6) is 0 Å². The quantitative estimate of drug-likeness (QED) is 0.691. The predicted molar refractivity (Wildman–Crippen MR) is 57.3 cm³/mol. The molecule has 2 rings (SSSR count). The van der Waals surface area contributed by atoms with Crippen LogP contribution in [0.25, 0.3) is 0 Å². The van der Waals surface area contributed by atoms with Crippen molar-refractivity contribution in [2.24, 2.45) is 5.92 Å². The summed E-state index contributed by atoms with van der Waals surface area (Å²) in [6.45, 7) is 2.97. The van der Waals surface area contributed by atoms with E-state index in [4.69, 9.17) is 0 Å². The second-order valence-corrected chi connectivity index (χ2v) is 4.81. The Morgan fingerprint density at radius 2 is 2.00 bits per heavy atom. The first-order valence-corrected chi connectivity index (χ1v) is 5.87. The lowest BCUT2D eigenvalue weighted by Crippen LogP contribution is -2.54. The first-order valence-electron chi connectivity index (χ1n) is 5.87. The molecular formula is C11H22N2O. The van der Waals surface area contributed by atoms with Gasteiger partial charge in [0.15, 0.2) is 0 Å². The summed E-state index contributed by atoms with van der Waals surface area (Å²) in [6, 6.07) is 0.710. The minimum absolute atomic E-state index is 0.0494. The fourth-order valence-electron chi connectivity index (χ4n) is 2.83. The monoisotopic (exact) mass is 198 g/mol. The lowest BCUT2D eigenvalue weighted by molar-refractivity contribution is -0.0126. The summed E-state index contributed by atoms with van der Waals surface area (Å²) in [6.07, 6.45) is 5.41. The maximum absolute atomic E-state index is 9.21. The van der Waals surface area contributed by atoms with Crippen LogP contribution in [0.15, 0.2) is 0 Å². The van der Waals surface area contributed by atoms with E-state index in [2.05, 4.69) is 17.3 Å². The van der Waals surface area contributed by atoms with Crippen molar-refractivity contribution in [2.75, 3.05) is 26.7 Å². The number of hydrogen-bond acceptors (Lipinski definition) is 3. The van der Waals surface area contributed by atoms with Crippen LogP contribution in [0.4, 0.5) is 0 Å². The van der Waals surface area contributed by atoms with Gasteiger partial charge in [-0.15, -0.1) is 0 Å². The van der Waals surface area contributed by atoms with Gasteiger partial charge in [0.2, 0.25) is 0 Å². The maximum atomic E-state index is 9.21. The van der Waals surface area contributed by atoms with Gasteiger partial charge in [0.1, 0.15) is 0 Å². The molecule has 2 N–H and O–H groups in total. The molecule has 0 spiro atoms. The maximum Gasteiger partial charge on any atom is 0.0793 e. The highest BCUT2D eigenvalue weighted by molar-refractivity contribution is 4.86. The number of rotatable bonds is 3. The molecule has 0 radical (unpaired) electrons. The van der Waals surface area contributed by atoms with Gasteiger partial charge in [-0.25, -0.2) is 0 Å². The molecule has 1 heterocycles. The molecule has 1 saturated heterocycles. The Morgan fingerprint density at radius 1 is 1.29 bits per heavy atom. The molecule has 14 heavy (non-hydrogen) atoms. The molecule has 0 aromatic rings. The number of β-amino-alcohol motifs (C(OH)–C–C–N with tert-alkyl or cyclic N) is 1. The van der Waals surface area contributed by atoms with Crippen LogP contribution in [0.1, 0.15) is 25.7 Å². The van der Waals surface area contributed by atoms with Gasteiger partial charge in [0.25, 0.3) is 0 Å². The third kappa shape index (κ3) is 2.27. The van der Waals surface area contributed by atoms with E-state index in [0.29, 0.717) is 6.04 Å². The standard InChI is InChI=1S/C11H22N2O/c1-12-11-5-3-2-4-9(11)6-13-7-10(14)8-13/h9-12,14H,2-8H2,1H3. The van der Waals surface area contributed by atoms with Crippen LogP contribution in [-0.4, -0.2) is 48.8 Å². The topological polar surface area (TPSA) is 35.5 Å². The van der Waals surface area contributed by atoms with Crippen molar-refractivity contribution in [3.05, 3.63) is 0 Å². The molecule has 3 heteroatoms. The normalized spacial score (nSPS) is 35.6. The Kier molecular flexibility index (Phi) is 3.42. The first kappa shape index (κ1) is 10.4. The summed E-state index contributed by atoms with van der Waals surface area (Å²) in [4.78, 5) is 2.38. The number of likely N-dealkylation sites (tertiary alicyclic amines) is 1. The molecule has 82 valence electrons. The van der Waals surface area contributed by atoms with Gasteiger partial charge in [0, 0.05) is 25.7 Å². The highest BCUT2D eigenvalue weighted by Gasteiger charge is 2.30. The molecule has 0 aromatic carbocycles. The minimum atomic E-state index is -0.0494. The van der Waals surface area contributed by atoms with Gasteiger partial charge in [-0.05, 0) is 25.8 Å². The van der Waals surface area contributed by atoms with Gasteiger partial charge < -0.3 is 10.4 Å². The lowest BCUT2D eigenvalue weighted by atomic mass is 9.83. The molecule has 0 aromatic heterocycles. The summed E-state index contributed by atoms with van der Waals surface area (Å²) in [5, 5.41) is 12.6. The molecule has 2 aliphatic rings. The minimum Gasteiger partial charge on any atom is -0.390 e. The van der Waals surface area contributed by atoms with E-state index in [-0.39, 0.29) is 6.10 Å². The van der Waals surface area contributed by atoms with Crippen LogP contribution in [-0.2, 0) is 0 Å². The SMILES string of the molecule is CNC1CCCCC1CN1CC(O)C1. The molecule has 1 aliphatic carbocycles. The van der Waals surface area contributed by atoms with Gasteiger partial charge >= 0.3 is 0 Å². The predicted octanol–water partition coefficient (Wildman–Crippen LogP) is 0.441. The van der Waals surface area contributed by atoms with Crippen molar-refractivity contribution >= 4 is 0 Å². The van der Waals surface area contributed by atoms with Crippen LogP contribution in [0, 0.1) is 5.92 Å². The van der Waals surface area contributed by atoms with Crippen molar-refractivity contribution < 1.29 is 5.11 Å². The van der Waals surface area contributed by atoms with E-state index in [1.54, 1.807) is 0 Å². The summed E-state index contributed by atoms with van der Waals surface area (Å²) in [5.41, 5.74) is 0. The third-order valence-corrected chi connectivity index (χ3v) is 3.71. The molecule has 1 aliphatic heterocycles. The van der Waals surface area contributed by atoms with Crippen molar-refractivity contribution in [3.63, 3.8) is 0 Å². The molecule has 0 bridgehead atoms. The van der Waals surface area contributed by atoms with Crippen LogP contribution < -0.4 is 5.32 Å². The number of aliphatic hydroxyl groups excluding tert-OH is 1. The Hall–Kier alpha value is -0.120. The average molecular weight is 198 g/mol. The first-order chi connectivity index (χ1) is 6.79. The largest absolute Gasteiger partial charge is 0.390 e. The van der Waals surface area contributed by atoms with Crippen molar-refractivity contribution in [1.82, 2.24) is 10.2 Å². The average Bonchev–Trinajstić information content (AvgIpc) is 2.16. The molecule has 2 fully saturated rings. The Bertz CT molecular complexity index is 180. The number of nitrogens with zero attached hydrogens (tertiary/aromatic N) is 1. The molecule has 2 unspecified atom stereocenters. The van der Waals surface area contributed by atoms with E-state index in [1.165, 1.54) is 32.2 Å². The second-order valence-electron chi connectivity index (χ2n) is 4.81. The summed E-state index contributed by atoms with van der Waals surface area (Å²) < 4.78 is 0. The molecule has 2 atom stereocenters. The third-order valence-electron chi connectivity index (χ3n) is 3.71. The van der Waals surface area contributed by atoms with Gasteiger partial charge in [-0.2, -0.15) is 0 Å². The van der Waals surface area contributed by atoms with E-state index in [9.17, 15) is 5.11 Å². The molecule has 3 nitrogen and oxygen atoms in total. The van der Waals surface area contributed by atoms with Crippen LogP contribution in [0.2, 0.25) is 0 Å². The Morgan fingerprint density at radius 3 is 2.64 bits per heavy atom. The zero-order valence-corrected chi connectivity index (χ0v) is 9.08. The highest BCUT2D eigenvalue weighted by atomic mass is 16.3. The second kappa shape index (κ2) is 4.60. The smallest absolute Gasteiger partial charge is 0.0793 e. The van der Waals surface area contributed by atoms with Gasteiger partial charge in [0.05, 0.1) is 6.10 Å². The van der Waals surface area contributed by atoms with E-state index in [0.717, 1.165) is 19.0 Å². The summed E-state index contributed by atoms with van der Waals surface area (Å²) in [7, 11) is 2.08. The molecular weight excluding hydrogens is 176 g/mol. The van der Waals surface area contributed by atoms with Crippen molar-refractivity contribution in [1.29, 1.82) is 0 Å². The fraction of sp³-hybridized carbons (Fsp3) is 1.00. The van der Waals surface area contributed by atoms with Crippen molar-refractivity contribution in [2.45, 2.75) is 37.8 Å². The Labute approximate surface area is 86.5 Å². The summed E-state index contributed by atoms with van der Waals surface area (Å²) in [5.74, 6) is 0.807. The van der Waals surface area contributed by atoms with E-state index in [1.807, 2.05) is 0 Å². The Balaban J connectivity index is 1.77. The number of nitrogens with one attached hydrogen (secondary N) is 1. The van der Waals surface area contributed by atoms with Crippen LogP contribution in [0.3, 0.4) is 0 Å². The zero-order chi connectivity index (χ0) is 9.97.